The minimum atomic E-state index is -0.244. The summed E-state index contributed by atoms with van der Waals surface area (Å²) in [6, 6.07) is 19.2. The number of nitrogen functional groups attached to an aromatic ring is 1. The average Bonchev–Trinajstić information content (AvgIpc) is 2.73. The number of aromatic nitrogens is 1. The van der Waals surface area contributed by atoms with Crippen molar-refractivity contribution in [3.05, 3.63) is 83.6 Å². The van der Waals surface area contributed by atoms with Crippen molar-refractivity contribution in [3.8, 4) is 11.5 Å². The van der Waals surface area contributed by atoms with Gasteiger partial charge in [0.05, 0.1) is 5.56 Å². The van der Waals surface area contributed by atoms with Crippen LogP contribution in [0.1, 0.15) is 48.2 Å². The number of benzene rings is 2. The van der Waals surface area contributed by atoms with Gasteiger partial charge in [-0.15, -0.1) is 0 Å². The Bertz CT molecular complexity index is 951. The molecule has 5 nitrogen and oxygen atoms in total. The monoisotopic (exact) mass is 389 g/mol. The molecule has 3 rings (SSSR count). The van der Waals surface area contributed by atoms with Gasteiger partial charge >= 0.3 is 0 Å². The van der Waals surface area contributed by atoms with E-state index in [0.717, 1.165) is 17.1 Å². The van der Waals surface area contributed by atoms with Crippen LogP contribution in [0.25, 0.3) is 0 Å². The number of carbonyl (C=O) groups is 1. The molecule has 29 heavy (non-hydrogen) atoms. The normalized spacial score (nSPS) is 11.9. The third kappa shape index (κ3) is 5.35. The Morgan fingerprint density at radius 2 is 1.62 bits per heavy atom. The van der Waals surface area contributed by atoms with E-state index in [1.807, 2.05) is 36.4 Å². The Morgan fingerprint density at radius 3 is 2.21 bits per heavy atom. The first-order valence-corrected chi connectivity index (χ1v) is 9.79. The predicted octanol–water partition coefficient (Wildman–Crippen LogP) is 5.15. The summed E-state index contributed by atoms with van der Waals surface area (Å²) in [5.74, 6) is 2.65. The van der Waals surface area contributed by atoms with Crippen molar-refractivity contribution in [2.24, 2.45) is 5.92 Å². The maximum Gasteiger partial charge on any atom is 0.255 e. The highest BCUT2D eigenvalue weighted by atomic mass is 16.5. The lowest BCUT2D eigenvalue weighted by molar-refractivity contribution is 0.0951. The molecule has 3 aromatic rings. The highest BCUT2D eigenvalue weighted by molar-refractivity contribution is 5.98. The molecule has 0 fully saturated rings. The number of nitrogens with one attached hydrogen (secondary N) is 1. The summed E-state index contributed by atoms with van der Waals surface area (Å²) in [7, 11) is 0. The first-order chi connectivity index (χ1) is 13.9. The van der Waals surface area contributed by atoms with E-state index in [9.17, 15) is 4.79 Å². The van der Waals surface area contributed by atoms with Crippen molar-refractivity contribution < 1.29 is 9.53 Å². The van der Waals surface area contributed by atoms with Gasteiger partial charge in [-0.1, -0.05) is 45.0 Å². The number of amides is 1. The zero-order chi connectivity index (χ0) is 20.8. The van der Waals surface area contributed by atoms with E-state index in [-0.39, 0.29) is 11.7 Å². The van der Waals surface area contributed by atoms with Gasteiger partial charge in [-0.25, -0.2) is 4.98 Å². The van der Waals surface area contributed by atoms with Crippen LogP contribution in [0.2, 0.25) is 0 Å². The van der Waals surface area contributed by atoms with Crippen LogP contribution in [0.5, 0.6) is 11.5 Å². The van der Waals surface area contributed by atoms with Crippen LogP contribution < -0.4 is 15.8 Å². The fourth-order valence-corrected chi connectivity index (χ4v) is 2.92. The molecule has 150 valence electrons. The zero-order valence-electron chi connectivity index (χ0n) is 17.1. The number of anilines is 1. The molecule has 0 spiro atoms. The molecule has 0 bridgehead atoms. The average molecular weight is 389 g/mol. The molecule has 5 heteroatoms. The third-order valence-corrected chi connectivity index (χ3v) is 5.10. The Balaban J connectivity index is 1.56. The Labute approximate surface area is 171 Å². The molecule has 1 unspecified atom stereocenters. The standard InChI is InChI=1S/C24H27N3O2/c1-16(2)17(3)19-8-12-21(13-9-19)29-20-10-6-18(7-11-20)15-27-24(28)22-5-4-14-26-23(22)25/h4-14,16-17H,15H2,1-3H3,(H2,25,26)(H,27,28). The molecular formula is C24H27N3O2. The summed E-state index contributed by atoms with van der Waals surface area (Å²) in [5, 5.41) is 2.85. The molecule has 0 aliphatic carbocycles. The summed E-state index contributed by atoms with van der Waals surface area (Å²) in [4.78, 5) is 16.1. The van der Waals surface area contributed by atoms with Crippen LogP contribution in [0.3, 0.4) is 0 Å². The quantitative estimate of drug-likeness (QED) is 0.586. The lowest BCUT2D eigenvalue weighted by Gasteiger charge is -2.16. The van der Waals surface area contributed by atoms with E-state index in [0.29, 0.717) is 23.9 Å². The lowest BCUT2D eigenvalue weighted by Crippen LogP contribution is -2.24. The van der Waals surface area contributed by atoms with Crippen molar-refractivity contribution in [3.63, 3.8) is 0 Å². The second kappa shape index (κ2) is 9.24. The van der Waals surface area contributed by atoms with Crippen LogP contribution in [-0.2, 0) is 6.54 Å². The van der Waals surface area contributed by atoms with Gasteiger partial charge in [-0.05, 0) is 59.4 Å². The molecule has 0 aliphatic rings. The number of nitrogens with two attached hydrogens (primary N) is 1. The highest BCUT2D eigenvalue weighted by Crippen LogP contribution is 2.27. The van der Waals surface area contributed by atoms with Gasteiger partial charge in [-0.3, -0.25) is 4.79 Å². The van der Waals surface area contributed by atoms with Gasteiger partial charge in [0.2, 0.25) is 0 Å². The first-order valence-electron chi connectivity index (χ1n) is 9.79. The Hall–Kier alpha value is -3.34. The minimum absolute atomic E-state index is 0.225. The van der Waals surface area contributed by atoms with Crippen LogP contribution in [-0.4, -0.2) is 10.9 Å². The fraction of sp³-hybridized carbons (Fsp3) is 0.250. The topological polar surface area (TPSA) is 77.2 Å². The smallest absolute Gasteiger partial charge is 0.255 e. The van der Waals surface area contributed by atoms with Gasteiger partial charge in [0.15, 0.2) is 0 Å². The summed E-state index contributed by atoms with van der Waals surface area (Å²) in [6.07, 6.45) is 1.56. The van der Waals surface area contributed by atoms with Crippen molar-refractivity contribution in [2.75, 3.05) is 5.73 Å². The predicted molar refractivity (Wildman–Crippen MR) is 116 cm³/mol. The number of rotatable bonds is 7. The fourth-order valence-electron chi connectivity index (χ4n) is 2.92. The summed E-state index contributed by atoms with van der Waals surface area (Å²) < 4.78 is 5.93. The molecular weight excluding hydrogens is 362 g/mol. The molecule has 0 saturated carbocycles. The largest absolute Gasteiger partial charge is 0.457 e. The SMILES string of the molecule is CC(C)C(C)c1ccc(Oc2ccc(CNC(=O)c3cccnc3N)cc2)cc1. The Kier molecular flexibility index (Phi) is 6.50. The number of nitrogens with zero attached hydrogens (tertiary/aromatic N) is 1. The molecule has 1 aromatic heterocycles. The number of carbonyl (C=O) groups excluding carboxylic acids is 1. The summed E-state index contributed by atoms with van der Waals surface area (Å²) >= 11 is 0. The van der Waals surface area contributed by atoms with Crippen molar-refractivity contribution >= 4 is 11.7 Å². The number of hydrogen-bond acceptors (Lipinski definition) is 4. The number of hydrogen-bond donors (Lipinski definition) is 2. The summed E-state index contributed by atoms with van der Waals surface area (Å²) in [5.41, 5.74) is 8.39. The van der Waals surface area contributed by atoms with Gasteiger partial charge in [0.25, 0.3) is 5.91 Å². The van der Waals surface area contributed by atoms with E-state index in [1.165, 1.54) is 5.56 Å². The molecule has 1 amide bonds. The third-order valence-electron chi connectivity index (χ3n) is 5.10. The molecule has 0 radical (unpaired) electrons. The highest BCUT2D eigenvalue weighted by Gasteiger charge is 2.11. The van der Waals surface area contributed by atoms with Crippen LogP contribution in [0, 0.1) is 5.92 Å². The molecule has 0 aliphatic heterocycles. The van der Waals surface area contributed by atoms with E-state index >= 15 is 0 Å². The maximum absolute atomic E-state index is 12.2. The van der Waals surface area contributed by atoms with Gasteiger partial charge < -0.3 is 15.8 Å². The second-order valence-corrected chi connectivity index (χ2v) is 7.47. The molecule has 1 atom stereocenters. The van der Waals surface area contributed by atoms with E-state index in [1.54, 1.807) is 18.3 Å². The van der Waals surface area contributed by atoms with E-state index in [2.05, 4.69) is 43.2 Å². The minimum Gasteiger partial charge on any atom is -0.457 e. The molecule has 0 saturated heterocycles. The maximum atomic E-state index is 12.2. The van der Waals surface area contributed by atoms with Crippen molar-refractivity contribution in [1.82, 2.24) is 10.3 Å². The lowest BCUT2D eigenvalue weighted by atomic mass is 9.90. The van der Waals surface area contributed by atoms with Gasteiger partial charge in [-0.2, -0.15) is 0 Å². The first kappa shape index (κ1) is 20.4. The second-order valence-electron chi connectivity index (χ2n) is 7.47. The number of pyridine rings is 1. The zero-order valence-corrected chi connectivity index (χ0v) is 17.1. The van der Waals surface area contributed by atoms with Crippen LogP contribution >= 0.6 is 0 Å². The van der Waals surface area contributed by atoms with Gasteiger partial charge in [0, 0.05) is 12.7 Å². The van der Waals surface area contributed by atoms with Crippen LogP contribution in [0.15, 0.2) is 66.9 Å². The summed E-state index contributed by atoms with van der Waals surface area (Å²) in [6.45, 7) is 7.09. The van der Waals surface area contributed by atoms with E-state index in [4.69, 9.17) is 10.5 Å². The van der Waals surface area contributed by atoms with E-state index < -0.39 is 0 Å². The van der Waals surface area contributed by atoms with Crippen LogP contribution in [0.4, 0.5) is 5.82 Å². The van der Waals surface area contributed by atoms with Gasteiger partial charge in [0.1, 0.15) is 17.3 Å². The number of ether oxygens (including phenoxy) is 1. The molecule has 2 aromatic carbocycles. The molecule has 3 N–H and O–H groups in total. The van der Waals surface area contributed by atoms with Crippen molar-refractivity contribution in [1.29, 1.82) is 0 Å². The van der Waals surface area contributed by atoms with Crippen molar-refractivity contribution in [2.45, 2.75) is 33.2 Å². The Morgan fingerprint density at radius 1 is 1.00 bits per heavy atom. The molecule has 1 heterocycles.